The van der Waals surface area contributed by atoms with Crippen molar-refractivity contribution < 1.29 is 0 Å². The summed E-state index contributed by atoms with van der Waals surface area (Å²) < 4.78 is 0.960. The van der Waals surface area contributed by atoms with Crippen molar-refractivity contribution in [1.29, 1.82) is 5.26 Å². The lowest BCUT2D eigenvalue weighted by molar-refractivity contribution is 0.412. The molecule has 21 heavy (non-hydrogen) atoms. The first kappa shape index (κ1) is 14.5. The van der Waals surface area contributed by atoms with E-state index in [0.717, 1.165) is 22.1 Å². The number of nitriles is 1. The van der Waals surface area contributed by atoms with Gasteiger partial charge in [-0.25, -0.2) is 0 Å². The van der Waals surface area contributed by atoms with Crippen molar-refractivity contribution in [3.63, 3.8) is 0 Å². The molecule has 1 aromatic carbocycles. The van der Waals surface area contributed by atoms with Gasteiger partial charge in [-0.1, -0.05) is 53.4 Å². The zero-order valence-corrected chi connectivity index (χ0v) is 13.2. The minimum absolute atomic E-state index is 0.483. The van der Waals surface area contributed by atoms with Crippen LogP contribution in [-0.4, -0.2) is 22.0 Å². The van der Waals surface area contributed by atoms with E-state index in [1.807, 2.05) is 30.3 Å². The third-order valence-corrected chi connectivity index (χ3v) is 5.39. The average Bonchev–Trinajstić information content (AvgIpc) is 3.19. The largest absolute Gasteiger partial charge is 0.293 e. The standard InChI is InChI=1S/C15H16N4S2/c16-10-15(18-13-6-7-13,12-4-2-1-3-5-12)8-9-20-14-19-17-11-21-14/h1-5,11,13,18H,6-9H2. The summed E-state index contributed by atoms with van der Waals surface area (Å²) in [6.45, 7) is 0. The Bertz CT molecular complexity index is 604. The summed E-state index contributed by atoms with van der Waals surface area (Å²) in [6.07, 6.45) is 3.09. The lowest BCUT2D eigenvalue weighted by atomic mass is 9.88. The van der Waals surface area contributed by atoms with E-state index in [4.69, 9.17) is 0 Å². The molecule has 1 N–H and O–H groups in total. The molecule has 1 atom stereocenters. The van der Waals surface area contributed by atoms with Crippen LogP contribution in [0, 0.1) is 11.3 Å². The van der Waals surface area contributed by atoms with Crippen molar-refractivity contribution in [3.8, 4) is 6.07 Å². The first-order valence-corrected chi connectivity index (χ1v) is 8.82. The maximum atomic E-state index is 9.82. The summed E-state index contributed by atoms with van der Waals surface area (Å²) in [4.78, 5) is 0. The third-order valence-electron chi connectivity index (χ3n) is 3.53. The molecule has 1 aliphatic carbocycles. The fourth-order valence-electron chi connectivity index (χ4n) is 2.27. The van der Waals surface area contributed by atoms with Gasteiger partial charge < -0.3 is 0 Å². The second-order valence-corrected chi connectivity index (χ2v) is 7.28. The van der Waals surface area contributed by atoms with E-state index < -0.39 is 5.54 Å². The minimum atomic E-state index is -0.597. The Kier molecular flexibility index (Phi) is 4.54. The molecule has 108 valence electrons. The molecule has 1 aromatic heterocycles. The SMILES string of the molecule is N#CC(CCSc1nncs1)(NC1CC1)c1ccccc1. The highest BCUT2D eigenvalue weighted by molar-refractivity contribution is 8.00. The van der Waals surface area contributed by atoms with Gasteiger partial charge in [-0.2, -0.15) is 5.26 Å². The van der Waals surface area contributed by atoms with E-state index in [1.54, 1.807) is 28.6 Å². The van der Waals surface area contributed by atoms with Crippen LogP contribution >= 0.6 is 23.1 Å². The van der Waals surface area contributed by atoms with Crippen LogP contribution in [-0.2, 0) is 5.54 Å². The van der Waals surface area contributed by atoms with Crippen molar-refractivity contribution in [2.45, 2.75) is 35.2 Å². The summed E-state index contributed by atoms with van der Waals surface area (Å²) in [5.41, 5.74) is 2.19. The van der Waals surface area contributed by atoms with Gasteiger partial charge in [0, 0.05) is 11.8 Å². The summed E-state index contributed by atoms with van der Waals surface area (Å²) in [7, 11) is 0. The monoisotopic (exact) mass is 316 g/mol. The van der Waals surface area contributed by atoms with Crippen LogP contribution in [0.25, 0.3) is 0 Å². The maximum Gasteiger partial charge on any atom is 0.174 e. The third kappa shape index (κ3) is 3.62. The van der Waals surface area contributed by atoms with Gasteiger partial charge in [0.15, 0.2) is 4.34 Å². The van der Waals surface area contributed by atoms with Crippen LogP contribution in [0.4, 0.5) is 0 Å². The van der Waals surface area contributed by atoms with Crippen molar-refractivity contribution in [3.05, 3.63) is 41.4 Å². The normalized spacial score (nSPS) is 17.1. The Balaban J connectivity index is 1.73. The van der Waals surface area contributed by atoms with Crippen LogP contribution in [0.1, 0.15) is 24.8 Å². The lowest BCUT2D eigenvalue weighted by Gasteiger charge is -2.28. The number of nitrogens with zero attached hydrogens (tertiary/aromatic N) is 3. The average molecular weight is 316 g/mol. The smallest absolute Gasteiger partial charge is 0.174 e. The summed E-state index contributed by atoms with van der Waals surface area (Å²) >= 11 is 3.21. The number of rotatable bonds is 7. The first-order valence-electron chi connectivity index (χ1n) is 6.96. The van der Waals surface area contributed by atoms with Crippen molar-refractivity contribution in [1.82, 2.24) is 15.5 Å². The molecule has 1 fully saturated rings. The Labute approximate surface area is 132 Å². The molecule has 1 aliphatic rings. The number of thioether (sulfide) groups is 1. The zero-order valence-electron chi connectivity index (χ0n) is 11.5. The van der Waals surface area contributed by atoms with Crippen molar-refractivity contribution in [2.75, 3.05) is 5.75 Å². The van der Waals surface area contributed by atoms with Gasteiger partial charge in [0.25, 0.3) is 0 Å². The van der Waals surface area contributed by atoms with Gasteiger partial charge in [-0.15, -0.1) is 10.2 Å². The Morgan fingerprint density at radius 1 is 1.38 bits per heavy atom. The van der Waals surface area contributed by atoms with Crippen LogP contribution < -0.4 is 5.32 Å². The van der Waals surface area contributed by atoms with Gasteiger partial charge in [0.1, 0.15) is 11.0 Å². The molecule has 3 rings (SSSR count). The van der Waals surface area contributed by atoms with Crippen molar-refractivity contribution in [2.24, 2.45) is 0 Å². The fourth-order valence-corrected chi connectivity index (χ4v) is 3.89. The molecule has 6 heteroatoms. The first-order chi connectivity index (χ1) is 10.3. The molecule has 0 spiro atoms. The van der Waals surface area contributed by atoms with Gasteiger partial charge in [-0.05, 0) is 24.8 Å². The summed E-state index contributed by atoms with van der Waals surface area (Å²) in [6, 6.07) is 13.1. The van der Waals surface area contributed by atoms with Crippen LogP contribution in [0.3, 0.4) is 0 Å². The van der Waals surface area contributed by atoms with Crippen LogP contribution in [0.15, 0.2) is 40.2 Å². The number of nitrogens with one attached hydrogen (secondary N) is 1. The molecule has 0 radical (unpaired) electrons. The predicted octanol–water partition coefficient (Wildman–Crippen LogP) is 3.19. The highest BCUT2D eigenvalue weighted by atomic mass is 32.2. The fraction of sp³-hybridized carbons (Fsp3) is 0.400. The molecule has 1 heterocycles. The molecule has 0 amide bonds. The zero-order chi connectivity index (χ0) is 14.5. The highest BCUT2D eigenvalue weighted by Gasteiger charge is 2.37. The van der Waals surface area contributed by atoms with E-state index in [2.05, 4.69) is 21.6 Å². The Morgan fingerprint density at radius 2 is 2.19 bits per heavy atom. The van der Waals surface area contributed by atoms with Crippen LogP contribution in [0.2, 0.25) is 0 Å². The van der Waals surface area contributed by atoms with Crippen LogP contribution in [0.5, 0.6) is 0 Å². The molecule has 1 unspecified atom stereocenters. The molecule has 0 bridgehead atoms. The summed E-state index contributed by atoms with van der Waals surface area (Å²) in [5, 5.41) is 21.2. The molecule has 4 nitrogen and oxygen atoms in total. The second-order valence-electron chi connectivity index (χ2n) is 5.10. The van der Waals surface area contributed by atoms with E-state index in [1.165, 1.54) is 12.8 Å². The van der Waals surface area contributed by atoms with Gasteiger partial charge >= 0.3 is 0 Å². The highest BCUT2D eigenvalue weighted by Crippen LogP contribution is 2.33. The van der Waals surface area contributed by atoms with E-state index in [9.17, 15) is 5.26 Å². The number of hydrogen-bond acceptors (Lipinski definition) is 6. The number of aromatic nitrogens is 2. The molecular formula is C15H16N4S2. The van der Waals surface area contributed by atoms with E-state index in [0.29, 0.717) is 6.04 Å². The lowest BCUT2D eigenvalue weighted by Crippen LogP contribution is -2.43. The van der Waals surface area contributed by atoms with E-state index >= 15 is 0 Å². The summed E-state index contributed by atoms with van der Waals surface area (Å²) in [5.74, 6) is 0.845. The Morgan fingerprint density at radius 3 is 2.81 bits per heavy atom. The molecular weight excluding hydrogens is 300 g/mol. The van der Waals surface area contributed by atoms with Gasteiger partial charge in [-0.3, -0.25) is 5.32 Å². The maximum absolute atomic E-state index is 9.82. The van der Waals surface area contributed by atoms with E-state index in [-0.39, 0.29) is 0 Å². The van der Waals surface area contributed by atoms with Crippen molar-refractivity contribution >= 4 is 23.1 Å². The van der Waals surface area contributed by atoms with Gasteiger partial charge in [0.2, 0.25) is 0 Å². The quantitative estimate of drug-likeness (QED) is 0.795. The molecule has 2 aromatic rings. The molecule has 0 aliphatic heterocycles. The molecule has 1 saturated carbocycles. The number of hydrogen-bond donors (Lipinski definition) is 1. The minimum Gasteiger partial charge on any atom is -0.293 e. The van der Waals surface area contributed by atoms with Gasteiger partial charge in [0.05, 0.1) is 6.07 Å². The number of benzene rings is 1. The molecule has 0 saturated heterocycles. The predicted molar refractivity (Wildman–Crippen MR) is 85.1 cm³/mol. The Hall–Kier alpha value is -1.42. The topological polar surface area (TPSA) is 61.6 Å². The second kappa shape index (κ2) is 6.56.